The standard InChI is InChI=1S/C14H19NO/c1-10(2)9-14(16)12-7-8-15-13-6-4-3-5-11(12)13/h3-6,10,12,15H,7-9H2,1-2H3. The average Bonchev–Trinajstić information content (AvgIpc) is 2.27. The van der Waals surface area contributed by atoms with Crippen molar-refractivity contribution in [2.24, 2.45) is 5.92 Å². The molecule has 16 heavy (non-hydrogen) atoms. The van der Waals surface area contributed by atoms with Gasteiger partial charge in [0.15, 0.2) is 0 Å². The predicted octanol–water partition coefficient (Wildman–Crippen LogP) is 3.20. The molecule has 0 aliphatic carbocycles. The van der Waals surface area contributed by atoms with Gasteiger partial charge in [-0.25, -0.2) is 0 Å². The number of carbonyl (C=O) groups is 1. The van der Waals surface area contributed by atoms with Crippen LogP contribution in [-0.4, -0.2) is 12.3 Å². The molecule has 0 saturated heterocycles. The highest BCUT2D eigenvalue weighted by atomic mass is 16.1. The van der Waals surface area contributed by atoms with Gasteiger partial charge >= 0.3 is 0 Å². The van der Waals surface area contributed by atoms with Crippen molar-refractivity contribution >= 4 is 11.5 Å². The maximum Gasteiger partial charge on any atom is 0.140 e. The van der Waals surface area contributed by atoms with Gasteiger partial charge in [-0.2, -0.15) is 0 Å². The third-order valence-corrected chi connectivity index (χ3v) is 3.08. The van der Waals surface area contributed by atoms with Gasteiger partial charge in [0, 0.05) is 24.6 Å². The number of carbonyl (C=O) groups excluding carboxylic acids is 1. The van der Waals surface area contributed by atoms with E-state index >= 15 is 0 Å². The Bertz CT molecular complexity index is 384. The fraction of sp³-hybridized carbons (Fsp3) is 0.500. The van der Waals surface area contributed by atoms with Gasteiger partial charge in [0.2, 0.25) is 0 Å². The van der Waals surface area contributed by atoms with Gasteiger partial charge < -0.3 is 5.32 Å². The van der Waals surface area contributed by atoms with Crippen LogP contribution in [0.2, 0.25) is 0 Å². The Kier molecular flexibility index (Phi) is 3.28. The van der Waals surface area contributed by atoms with E-state index in [2.05, 4.69) is 31.3 Å². The van der Waals surface area contributed by atoms with Crippen LogP contribution >= 0.6 is 0 Å². The van der Waals surface area contributed by atoms with E-state index in [9.17, 15) is 4.79 Å². The minimum absolute atomic E-state index is 0.111. The number of nitrogens with one attached hydrogen (secondary N) is 1. The smallest absolute Gasteiger partial charge is 0.140 e. The Morgan fingerprint density at radius 1 is 1.44 bits per heavy atom. The Morgan fingerprint density at radius 3 is 2.94 bits per heavy atom. The first kappa shape index (κ1) is 11.2. The molecule has 1 atom stereocenters. The predicted molar refractivity (Wildman–Crippen MR) is 66.8 cm³/mol. The lowest BCUT2D eigenvalue weighted by molar-refractivity contribution is -0.121. The van der Waals surface area contributed by atoms with E-state index in [0.29, 0.717) is 18.1 Å². The molecule has 86 valence electrons. The average molecular weight is 217 g/mol. The quantitative estimate of drug-likeness (QED) is 0.842. The molecule has 0 aromatic heterocycles. The monoisotopic (exact) mass is 217 g/mol. The minimum Gasteiger partial charge on any atom is -0.385 e. The maximum atomic E-state index is 12.1. The summed E-state index contributed by atoms with van der Waals surface area (Å²) < 4.78 is 0. The summed E-state index contributed by atoms with van der Waals surface area (Å²) in [5, 5.41) is 3.35. The first-order valence-electron chi connectivity index (χ1n) is 6.04. The van der Waals surface area contributed by atoms with Crippen LogP contribution in [0, 0.1) is 5.92 Å². The van der Waals surface area contributed by atoms with Crippen molar-refractivity contribution in [3.63, 3.8) is 0 Å². The zero-order valence-corrected chi connectivity index (χ0v) is 9.99. The first-order chi connectivity index (χ1) is 7.68. The number of anilines is 1. The number of hydrogen-bond donors (Lipinski definition) is 1. The molecule has 1 unspecified atom stereocenters. The molecule has 1 aromatic carbocycles. The second-order valence-electron chi connectivity index (χ2n) is 4.92. The Labute approximate surface area is 97.1 Å². The molecule has 1 aliphatic heterocycles. The number of fused-ring (bicyclic) bond motifs is 1. The Balaban J connectivity index is 2.21. The van der Waals surface area contributed by atoms with Crippen LogP contribution in [0.25, 0.3) is 0 Å². The lowest BCUT2D eigenvalue weighted by Crippen LogP contribution is -2.23. The van der Waals surface area contributed by atoms with Crippen molar-refractivity contribution in [2.75, 3.05) is 11.9 Å². The molecule has 0 fully saturated rings. The van der Waals surface area contributed by atoms with Gasteiger partial charge in [-0.15, -0.1) is 0 Å². The van der Waals surface area contributed by atoms with E-state index in [0.717, 1.165) is 18.7 Å². The molecule has 2 nitrogen and oxygen atoms in total. The molecule has 0 spiro atoms. The third kappa shape index (κ3) is 2.26. The van der Waals surface area contributed by atoms with Crippen molar-refractivity contribution in [1.29, 1.82) is 0 Å². The molecule has 1 N–H and O–H groups in total. The number of para-hydroxylation sites is 1. The molecule has 2 heteroatoms. The molecule has 0 amide bonds. The van der Waals surface area contributed by atoms with Gasteiger partial charge in [0.25, 0.3) is 0 Å². The summed E-state index contributed by atoms with van der Waals surface area (Å²) in [7, 11) is 0. The molecule has 0 radical (unpaired) electrons. The summed E-state index contributed by atoms with van der Waals surface area (Å²) in [6.07, 6.45) is 1.63. The van der Waals surface area contributed by atoms with Crippen LogP contribution in [-0.2, 0) is 4.79 Å². The fourth-order valence-electron chi connectivity index (χ4n) is 2.35. The normalized spacial score (nSPS) is 19.1. The second kappa shape index (κ2) is 4.69. The molecule has 0 bridgehead atoms. The van der Waals surface area contributed by atoms with Crippen molar-refractivity contribution in [1.82, 2.24) is 0 Å². The zero-order valence-electron chi connectivity index (χ0n) is 9.99. The van der Waals surface area contributed by atoms with E-state index in [1.807, 2.05) is 12.1 Å². The van der Waals surface area contributed by atoms with E-state index in [1.54, 1.807) is 0 Å². The van der Waals surface area contributed by atoms with Crippen LogP contribution in [0.5, 0.6) is 0 Å². The first-order valence-corrected chi connectivity index (χ1v) is 6.04. The Hall–Kier alpha value is -1.31. The van der Waals surface area contributed by atoms with Crippen molar-refractivity contribution in [3.05, 3.63) is 29.8 Å². The molecule has 0 saturated carbocycles. The van der Waals surface area contributed by atoms with E-state index < -0.39 is 0 Å². The summed E-state index contributed by atoms with van der Waals surface area (Å²) in [6, 6.07) is 8.16. The van der Waals surface area contributed by atoms with E-state index in [1.165, 1.54) is 5.56 Å². The highest BCUT2D eigenvalue weighted by Crippen LogP contribution is 2.33. The van der Waals surface area contributed by atoms with Crippen LogP contribution in [0.4, 0.5) is 5.69 Å². The SMILES string of the molecule is CC(C)CC(=O)C1CCNc2ccccc21. The lowest BCUT2D eigenvalue weighted by Gasteiger charge is -2.26. The number of benzene rings is 1. The van der Waals surface area contributed by atoms with Gasteiger partial charge in [0.1, 0.15) is 5.78 Å². The number of ketones is 1. The third-order valence-electron chi connectivity index (χ3n) is 3.08. The maximum absolute atomic E-state index is 12.1. The highest BCUT2D eigenvalue weighted by molar-refractivity contribution is 5.88. The summed E-state index contributed by atoms with van der Waals surface area (Å²) in [5.41, 5.74) is 2.32. The largest absolute Gasteiger partial charge is 0.385 e. The molecule has 2 rings (SSSR count). The number of hydrogen-bond acceptors (Lipinski definition) is 2. The fourth-order valence-corrected chi connectivity index (χ4v) is 2.35. The van der Waals surface area contributed by atoms with Crippen LogP contribution < -0.4 is 5.32 Å². The second-order valence-corrected chi connectivity index (χ2v) is 4.92. The van der Waals surface area contributed by atoms with Gasteiger partial charge in [-0.1, -0.05) is 32.0 Å². The van der Waals surface area contributed by atoms with Crippen molar-refractivity contribution in [2.45, 2.75) is 32.6 Å². The summed E-state index contributed by atoms with van der Waals surface area (Å²) >= 11 is 0. The van der Waals surface area contributed by atoms with Crippen LogP contribution in [0.3, 0.4) is 0 Å². The lowest BCUT2D eigenvalue weighted by atomic mass is 9.84. The van der Waals surface area contributed by atoms with E-state index in [-0.39, 0.29) is 5.92 Å². The number of rotatable bonds is 3. The topological polar surface area (TPSA) is 29.1 Å². The molecular formula is C14H19NO. The summed E-state index contributed by atoms with van der Waals surface area (Å²) in [5.74, 6) is 0.957. The van der Waals surface area contributed by atoms with Crippen molar-refractivity contribution < 1.29 is 4.79 Å². The molecule has 1 aliphatic rings. The highest BCUT2D eigenvalue weighted by Gasteiger charge is 2.25. The molecule has 1 aromatic rings. The Morgan fingerprint density at radius 2 is 2.19 bits per heavy atom. The van der Waals surface area contributed by atoms with Gasteiger partial charge in [-0.05, 0) is 24.0 Å². The minimum atomic E-state index is 0.111. The number of Topliss-reactive ketones (excluding diaryl/α,β-unsaturated/α-hetero) is 1. The van der Waals surface area contributed by atoms with Gasteiger partial charge in [0.05, 0.1) is 0 Å². The molecule has 1 heterocycles. The summed E-state index contributed by atoms with van der Waals surface area (Å²) in [4.78, 5) is 12.1. The van der Waals surface area contributed by atoms with Crippen LogP contribution in [0.1, 0.15) is 38.2 Å². The molecular weight excluding hydrogens is 198 g/mol. The van der Waals surface area contributed by atoms with Crippen molar-refractivity contribution in [3.8, 4) is 0 Å². The zero-order chi connectivity index (χ0) is 11.5. The van der Waals surface area contributed by atoms with Gasteiger partial charge in [-0.3, -0.25) is 4.79 Å². The van der Waals surface area contributed by atoms with E-state index in [4.69, 9.17) is 0 Å². The van der Waals surface area contributed by atoms with Crippen LogP contribution in [0.15, 0.2) is 24.3 Å². The summed E-state index contributed by atoms with van der Waals surface area (Å²) in [6.45, 7) is 5.11.